The Morgan fingerprint density at radius 1 is 1.11 bits per heavy atom. The minimum absolute atomic E-state index is 0. The number of fused-ring (bicyclic) bond motifs is 1. The van der Waals surface area contributed by atoms with Crippen LogP contribution in [0.1, 0.15) is 54.8 Å². The van der Waals surface area contributed by atoms with Crippen molar-refractivity contribution < 1.29 is 0 Å². The molecule has 1 aromatic rings. The summed E-state index contributed by atoms with van der Waals surface area (Å²) in [6.45, 7) is 3.37. The molecule has 1 aliphatic heterocycles. The van der Waals surface area contributed by atoms with E-state index in [0.717, 1.165) is 12.5 Å². The molecule has 1 unspecified atom stereocenters. The third-order valence-electron chi connectivity index (χ3n) is 4.51. The summed E-state index contributed by atoms with van der Waals surface area (Å²) >= 11 is 0. The highest BCUT2D eigenvalue weighted by atomic mass is 35.5. The molecule has 0 amide bonds. The summed E-state index contributed by atoms with van der Waals surface area (Å²) in [5.74, 6) is 0.880. The lowest BCUT2D eigenvalue weighted by molar-refractivity contribution is 0.265. The van der Waals surface area contributed by atoms with Crippen LogP contribution in [0.3, 0.4) is 0 Å². The molecule has 0 aromatic heterocycles. The van der Waals surface area contributed by atoms with E-state index in [4.69, 9.17) is 0 Å². The van der Waals surface area contributed by atoms with E-state index >= 15 is 0 Å². The predicted molar refractivity (Wildman–Crippen MR) is 79.4 cm³/mol. The van der Waals surface area contributed by atoms with Gasteiger partial charge in [-0.25, -0.2) is 0 Å². The molecule has 18 heavy (non-hydrogen) atoms. The van der Waals surface area contributed by atoms with Crippen molar-refractivity contribution in [2.24, 2.45) is 5.92 Å². The van der Waals surface area contributed by atoms with Gasteiger partial charge in [-0.3, -0.25) is 0 Å². The van der Waals surface area contributed by atoms with Crippen molar-refractivity contribution in [1.29, 1.82) is 0 Å². The zero-order valence-corrected chi connectivity index (χ0v) is 12.1. The Hall–Kier alpha value is -0.530. The van der Waals surface area contributed by atoms with Crippen molar-refractivity contribution in [3.63, 3.8) is 0 Å². The van der Waals surface area contributed by atoms with Gasteiger partial charge in [0.2, 0.25) is 0 Å². The van der Waals surface area contributed by atoms with Crippen LogP contribution >= 0.6 is 12.4 Å². The van der Waals surface area contributed by atoms with E-state index in [2.05, 4.69) is 30.4 Å². The van der Waals surface area contributed by atoms with Crippen molar-refractivity contribution in [3.05, 3.63) is 34.9 Å². The maximum absolute atomic E-state index is 3.76. The van der Waals surface area contributed by atoms with Gasteiger partial charge in [-0.2, -0.15) is 0 Å². The molecule has 0 spiro atoms. The molecule has 1 N–H and O–H groups in total. The highest BCUT2D eigenvalue weighted by Gasteiger charge is 2.28. The Morgan fingerprint density at radius 3 is 2.67 bits per heavy atom. The van der Waals surface area contributed by atoms with Crippen LogP contribution in [0.15, 0.2) is 18.2 Å². The third-order valence-corrected chi connectivity index (χ3v) is 4.51. The average molecular weight is 266 g/mol. The number of aryl methyl sites for hydroxylation is 1. The van der Waals surface area contributed by atoms with Crippen molar-refractivity contribution in [2.45, 2.75) is 51.5 Å². The quantitative estimate of drug-likeness (QED) is 0.803. The van der Waals surface area contributed by atoms with Gasteiger partial charge in [-0.15, -0.1) is 12.4 Å². The SMILES string of the molecule is Cc1ccc2c(c1)CCNC2C1CCCCC1.Cl. The minimum Gasteiger partial charge on any atom is -0.309 e. The largest absolute Gasteiger partial charge is 0.309 e. The lowest BCUT2D eigenvalue weighted by Gasteiger charge is -2.35. The lowest BCUT2D eigenvalue weighted by atomic mass is 9.78. The first-order chi connectivity index (χ1) is 8.34. The first kappa shape index (κ1) is 13.9. The van der Waals surface area contributed by atoms with E-state index in [9.17, 15) is 0 Å². The van der Waals surface area contributed by atoms with Crippen molar-refractivity contribution >= 4 is 12.4 Å². The third kappa shape index (κ3) is 2.73. The Balaban J connectivity index is 0.00000120. The average Bonchev–Trinajstić information content (AvgIpc) is 2.39. The summed E-state index contributed by atoms with van der Waals surface area (Å²) in [5.41, 5.74) is 4.60. The molecule has 1 aliphatic carbocycles. The van der Waals surface area contributed by atoms with Gasteiger partial charge in [-0.1, -0.05) is 43.0 Å². The second kappa shape index (κ2) is 6.08. The van der Waals surface area contributed by atoms with Crippen molar-refractivity contribution in [1.82, 2.24) is 5.32 Å². The summed E-state index contributed by atoms with van der Waals surface area (Å²) in [6, 6.07) is 7.68. The zero-order valence-electron chi connectivity index (χ0n) is 11.2. The molecule has 0 saturated heterocycles. The van der Waals surface area contributed by atoms with E-state index in [1.807, 2.05) is 0 Å². The Kier molecular flexibility index (Phi) is 4.69. The molecule has 1 heterocycles. The molecule has 0 radical (unpaired) electrons. The summed E-state index contributed by atoms with van der Waals surface area (Å²) in [6.07, 6.45) is 8.37. The molecule has 2 aliphatic rings. The number of rotatable bonds is 1. The Morgan fingerprint density at radius 2 is 1.89 bits per heavy atom. The fraction of sp³-hybridized carbons (Fsp3) is 0.625. The van der Waals surface area contributed by atoms with Gasteiger partial charge >= 0.3 is 0 Å². The van der Waals surface area contributed by atoms with E-state index in [1.54, 1.807) is 11.1 Å². The summed E-state index contributed by atoms with van der Waals surface area (Å²) < 4.78 is 0. The summed E-state index contributed by atoms with van der Waals surface area (Å²) in [7, 11) is 0. The monoisotopic (exact) mass is 265 g/mol. The second-order valence-electron chi connectivity index (χ2n) is 5.78. The van der Waals surface area contributed by atoms with Crippen LogP contribution in [-0.4, -0.2) is 6.54 Å². The van der Waals surface area contributed by atoms with Crippen LogP contribution < -0.4 is 5.32 Å². The molecule has 1 fully saturated rings. The lowest BCUT2D eigenvalue weighted by Crippen LogP contribution is -2.35. The Labute approximate surface area is 117 Å². The van der Waals surface area contributed by atoms with E-state index in [1.165, 1.54) is 44.1 Å². The molecule has 1 aromatic carbocycles. The number of nitrogens with one attached hydrogen (secondary N) is 1. The molecule has 0 bridgehead atoms. The first-order valence-corrected chi connectivity index (χ1v) is 7.17. The van der Waals surface area contributed by atoms with E-state index in [0.29, 0.717) is 6.04 Å². The van der Waals surface area contributed by atoms with Gasteiger partial charge in [0.15, 0.2) is 0 Å². The fourth-order valence-electron chi connectivity index (χ4n) is 3.61. The highest BCUT2D eigenvalue weighted by molar-refractivity contribution is 5.85. The fourth-order valence-corrected chi connectivity index (χ4v) is 3.61. The maximum Gasteiger partial charge on any atom is 0.0351 e. The van der Waals surface area contributed by atoms with Gasteiger partial charge in [0, 0.05) is 6.04 Å². The normalized spacial score (nSPS) is 24.2. The van der Waals surface area contributed by atoms with Crippen LogP contribution in [0, 0.1) is 12.8 Å². The van der Waals surface area contributed by atoms with Gasteiger partial charge in [0.1, 0.15) is 0 Å². The van der Waals surface area contributed by atoms with Crippen molar-refractivity contribution in [3.8, 4) is 0 Å². The predicted octanol–water partition coefficient (Wildman–Crippen LogP) is 4.18. The molecule has 100 valence electrons. The minimum atomic E-state index is 0. The summed E-state index contributed by atoms with van der Waals surface area (Å²) in [4.78, 5) is 0. The number of halogens is 1. The van der Waals surface area contributed by atoms with Crippen LogP contribution in [-0.2, 0) is 6.42 Å². The number of benzene rings is 1. The molecular weight excluding hydrogens is 242 g/mol. The topological polar surface area (TPSA) is 12.0 Å². The van der Waals surface area contributed by atoms with Gasteiger partial charge in [-0.05, 0) is 49.8 Å². The van der Waals surface area contributed by atoms with E-state index in [-0.39, 0.29) is 12.4 Å². The molecule has 1 nitrogen and oxygen atoms in total. The Bertz CT molecular complexity index is 396. The van der Waals surface area contributed by atoms with Crippen LogP contribution in [0.5, 0.6) is 0 Å². The zero-order chi connectivity index (χ0) is 11.7. The molecule has 3 rings (SSSR count). The van der Waals surface area contributed by atoms with E-state index < -0.39 is 0 Å². The summed E-state index contributed by atoms with van der Waals surface area (Å²) in [5, 5.41) is 3.76. The number of hydrogen-bond acceptors (Lipinski definition) is 1. The molecule has 1 saturated carbocycles. The molecule has 2 heteroatoms. The van der Waals surface area contributed by atoms with Crippen LogP contribution in [0.4, 0.5) is 0 Å². The first-order valence-electron chi connectivity index (χ1n) is 7.17. The maximum atomic E-state index is 3.76. The van der Waals surface area contributed by atoms with Gasteiger partial charge in [0.05, 0.1) is 0 Å². The standard InChI is InChI=1S/C16H23N.ClH/c1-12-7-8-15-14(11-12)9-10-17-16(15)13-5-3-2-4-6-13;/h7-8,11,13,16-17H,2-6,9-10H2,1H3;1H. The second-order valence-corrected chi connectivity index (χ2v) is 5.78. The highest BCUT2D eigenvalue weighted by Crippen LogP contribution is 2.37. The van der Waals surface area contributed by atoms with Gasteiger partial charge < -0.3 is 5.32 Å². The van der Waals surface area contributed by atoms with Crippen LogP contribution in [0.25, 0.3) is 0 Å². The van der Waals surface area contributed by atoms with Crippen molar-refractivity contribution in [2.75, 3.05) is 6.54 Å². The molecule has 1 atom stereocenters. The number of hydrogen-bond donors (Lipinski definition) is 1. The van der Waals surface area contributed by atoms with Crippen LogP contribution in [0.2, 0.25) is 0 Å². The smallest absolute Gasteiger partial charge is 0.0351 e. The van der Waals surface area contributed by atoms with Gasteiger partial charge in [0.25, 0.3) is 0 Å². The molecular formula is C16H24ClN.